The number of hydrogen-bond donors (Lipinski definition) is 0. The van der Waals surface area contributed by atoms with Gasteiger partial charge in [-0.15, -0.1) is 0 Å². The summed E-state index contributed by atoms with van der Waals surface area (Å²) in [5, 5.41) is 0. The molecule has 0 amide bonds. The lowest BCUT2D eigenvalue weighted by atomic mass is 10.3. The number of carbonyl (C=O) groups is 1. The van der Waals surface area contributed by atoms with Crippen LogP contribution in [0.5, 0.6) is 0 Å². The Balaban J connectivity index is 4.74. The lowest BCUT2D eigenvalue weighted by Gasteiger charge is -2.27. The van der Waals surface area contributed by atoms with E-state index in [0.717, 1.165) is 0 Å². The highest BCUT2D eigenvalue weighted by atomic mass is 16.7. The van der Waals surface area contributed by atoms with Gasteiger partial charge in [0.1, 0.15) is 6.61 Å². The van der Waals surface area contributed by atoms with Crippen LogP contribution in [0.4, 0.5) is 0 Å². The summed E-state index contributed by atoms with van der Waals surface area (Å²) in [6.07, 6.45) is 0. The van der Waals surface area contributed by atoms with E-state index in [0.29, 0.717) is 6.61 Å². The van der Waals surface area contributed by atoms with Gasteiger partial charge in [0, 0.05) is 13.2 Å². The lowest BCUT2D eigenvalue weighted by Crippen LogP contribution is -2.49. The van der Waals surface area contributed by atoms with Crippen LogP contribution in [-0.4, -0.2) is 44.7 Å². The highest BCUT2D eigenvalue weighted by Crippen LogP contribution is 2.16. The molecule has 6 heteroatoms. The topological polar surface area (TPSA) is 71.1 Å². The fraction of sp³-hybridized carbons (Fsp3) is 0.800. The second-order valence-electron chi connectivity index (χ2n) is 2.73. The minimum absolute atomic E-state index is 0.155. The van der Waals surface area contributed by atoms with E-state index in [-0.39, 0.29) is 19.8 Å². The van der Waals surface area contributed by atoms with E-state index in [1.807, 2.05) is 0 Å². The maximum atomic E-state index is 11.6. The zero-order valence-corrected chi connectivity index (χ0v) is 9.78. The monoisotopic (exact) mass is 233 g/mol. The van der Waals surface area contributed by atoms with Crippen molar-refractivity contribution in [2.24, 2.45) is 0 Å². The van der Waals surface area contributed by atoms with E-state index in [2.05, 4.69) is 4.74 Å². The highest BCUT2D eigenvalue weighted by Gasteiger charge is 2.44. The molecule has 0 aromatic carbocycles. The van der Waals surface area contributed by atoms with E-state index in [4.69, 9.17) is 14.2 Å². The van der Waals surface area contributed by atoms with Gasteiger partial charge in [0.15, 0.2) is 0 Å². The lowest BCUT2D eigenvalue weighted by molar-refractivity contribution is -0.236. The van der Waals surface area contributed by atoms with Gasteiger partial charge in [0.25, 0.3) is 0 Å². The Bertz CT molecular complexity index is 217. The summed E-state index contributed by atoms with van der Waals surface area (Å²) >= 11 is 0. The van der Waals surface area contributed by atoms with E-state index in [1.165, 1.54) is 6.47 Å². The standard InChI is InChI=1S/C10H17O6/c1-4-13-7-10(15-6-3,16-8-11)9(12)14-5-2/h4-7H2,1-3H3. The highest BCUT2D eigenvalue weighted by molar-refractivity contribution is 5.79. The molecule has 0 heterocycles. The third-order valence-electron chi connectivity index (χ3n) is 1.67. The first kappa shape index (κ1) is 14.9. The summed E-state index contributed by atoms with van der Waals surface area (Å²) < 4.78 is 19.5. The Morgan fingerprint density at radius 1 is 1.19 bits per heavy atom. The Hall–Kier alpha value is -1.14. The van der Waals surface area contributed by atoms with Crippen molar-refractivity contribution in [1.29, 1.82) is 0 Å². The van der Waals surface area contributed by atoms with E-state index in [9.17, 15) is 9.59 Å². The van der Waals surface area contributed by atoms with Crippen LogP contribution < -0.4 is 0 Å². The fourth-order valence-corrected chi connectivity index (χ4v) is 1.04. The molecule has 0 saturated heterocycles. The van der Waals surface area contributed by atoms with Gasteiger partial charge >= 0.3 is 18.2 Å². The van der Waals surface area contributed by atoms with Gasteiger partial charge in [-0.1, -0.05) is 0 Å². The summed E-state index contributed by atoms with van der Waals surface area (Å²) in [7, 11) is 0. The number of ether oxygens (including phenoxy) is 4. The molecule has 0 aromatic rings. The smallest absolute Gasteiger partial charge is 0.420 e. The number of carbonyl (C=O) groups excluding carboxylic acids is 2. The molecule has 0 aliphatic carbocycles. The Morgan fingerprint density at radius 2 is 1.88 bits per heavy atom. The van der Waals surface area contributed by atoms with Crippen LogP contribution in [0, 0.1) is 0 Å². The largest absolute Gasteiger partial charge is 0.461 e. The van der Waals surface area contributed by atoms with Crippen molar-refractivity contribution in [3.63, 3.8) is 0 Å². The van der Waals surface area contributed by atoms with Crippen molar-refractivity contribution in [2.45, 2.75) is 26.6 Å². The average Bonchev–Trinajstić information content (AvgIpc) is 2.27. The van der Waals surface area contributed by atoms with Gasteiger partial charge in [-0.05, 0) is 20.8 Å². The van der Waals surface area contributed by atoms with Crippen molar-refractivity contribution < 1.29 is 28.5 Å². The molecule has 0 aliphatic rings. The van der Waals surface area contributed by atoms with Crippen molar-refractivity contribution in [1.82, 2.24) is 0 Å². The van der Waals surface area contributed by atoms with Gasteiger partial charge in [-0.2, -0.15) is 0 Å². The Kier molecular flexibility index (Phi) is 7.49. The molecule has 1 unspecified atom stereocenters. The van der Waals surface area contributed by atoms with Crippen LogP contribution >= 0.6 is 0 Å². The molecule has 1 atom stereocenters. The van der Waals surface area contributed by atoms with Gasteiger partial charge in [-0.25, -0.2) is 9.59 Å². The maximum Gasteiger partial charge on any atom is 0.420 e. The van der Waals surface area contributed by atoms with Crippen LogP contribution in [0.3, 0.4) is 0 Å². The second kappa shape index (κ2) is 8.06. The van der Waals surface area contributed by atoms with Crippen molar-refractivity contribution in [3.8, 4) is 0 Å². The number of rotatable bonds is 9. The summed E-state index contributed by atoms with van der Waals surface area (Å²) in [5.41, 5.74) is 0. The van der Waals surface area contributed by atoms with Crippen LogP contribution in [0.1, 0.15) is 20.8 Å². The first-order valence-electron chi connectivity index (χ1n) is 5.10. The molecule has 93 valence electrons. The average molecular weight is 233 g/mol. The fourth-order valence-electron chi connectivity index (χ4n) is 1.04. The predicted octanol–water partition coefficient (Wildman–Crippen LogP) is 0.403. The van der Waals surface area contributed by atoms with Crippen molar-refractivity contribution in [3.05, 3.63) is 0 Å². The molecule has 16 heavy (non-hydrogen) atoms. The van der Waals surface area contributed by atoms with Crippen molar-refractivity contribution in [2.75, 3.05) is 26.4 Å². The molecule has 0 bridgehead atoms. The van der Waals surface area contributed by atoms with Crippen molar-refractivity contribution >= 4 is 12.4 Å². The Labute approximate surface area is 94.8 Å². The summed E-state index contributed by atoms with van der Waals surface area (Å²) in [4.78, 5) is 21.9. The van der Waals surface area contributed by atoms with E-state index in [1.54, 1.807) is 20.8 Å². The Morgan fingerprint density at radius 3 is 2.31 bits per heavy atom. The van der Waals surface area contributed by atoms with Gasteiger partial charge in [0.05, 0.1) is 6.61 Å². The summed E-state index contributed by atoms with van der Waals surface area (Å²) in [6, 6.07) is 0. The minimum Gasteiger partial charge on any atom is -0.461 e. The van der Waals surface area contributed by atoms with Crippen LogP contribution in [0.25, 0.3) is 0 Å². The second-order valence-corrected chi connectivity index (χ2v) is 2.73. The summed E-state index contributed by atoms with van der Waals surface area (Å²) in [5.74, 6) is -2.64. The molecule has 0 fully saturated rings. The third-order valence-corrected chi connectivity index (χ3v) is 1.67. The molecular formula is C10H17O6. The first-order chi connectivity index (χ1) is 7.66. The molecular weight excluding hydrogens is 216 g/mol. The molecule has 0 N–H and O–H groups in total. The van der Waals surface area contributed by atoms with Gasteiger partial charge in [0.2, 0.25) is 0 Å². The molecule has 0 saturated carbocycles. The predicted molar refractivity (Wildman–Crippen MR) is 54.3 cm³/mol. The molecule has 0 spiro atoms. The molecule has 6 nitrogen and oxygen atoms in total. The zero-order valence-electron chi connectivity index (χ0n) is 9.78. The van der Waals surface area contributed by atoms with Crippen LogP contribution in [-0.2, 0) is 28.5 Å². The number of hydrogen-bond acceptors (Lipinski definition) is 6. The van der Waals surface area contributed by atoms with E-state index >= 15 is 0 Å². The third kappa shape index (κ3) is 4.16. The number of esters is 1. The molecule has 1 radical (unpaired) electrons. The molecule has 0 rings (SSSR count). The van der Waals surface area contributed by atoms with Crippen LogP contribution in [0.2, 0.25) is 0 Å². The molecule has 0 aromatic heterocycles. The zero-order chi connectivity index (χ0) is 12.4. The molecule has 0 aliphatic heterocycles. The summed E-state index contributed by atoms with van der Waals surface area (Å²) in [6.45, 7) is 6.70. The maximum absolute atomic E-state index is 11.6. The van der Waals surface area contributed by atoms with E-state index < -0.39 is 11.8 Å². The van der Waals surface area contributed by atoms with Gasteiger partial charge < -0.3 is 18.9 Å². The van der Waals surface area contributed by atoms with Crippen LogP contribution in [0.15, 0.2) is 0 Å². The quantitative estimate of drug-likeness (QED) is 0.424. The normalized spacial score (nSPS) is 13.9. The van der Waals surface area contributed by atoms with Gasteiger partial charge in [-0.3, -0.25) is 0 Å². The minimum atomic E-state index is -1.84. The SMILES string of the molecule is CCOCC(O[C]=O)(OCC)C(=O)OCC. The first-order valence-corrected chi connectivity index (χ1v) is 5.10.